The van der Waals surface area contributed by atoms with Gasteiger partial charge in [0.15, 0.2) is 5.78 Å². The van der Waals surface area contributed by atoms with Crippen molar-refractivity contribution in [1.29, 1.82) is 0 Å². The molecular formula is C25H30O6. The average molecular weight is 427 g/mol. The summed E-state index contributed by atoms with van der Waals surface area (Å²) in [5.41, 5.74) is -0.0981. The average Bonchev–Trinajstić information content (AvgIpc) is 3.61. The van der Waals surface area contributed by atoms with Gasteiger partial charge < -0.3 is 14.2 Å². The Balaban J connectivity index is 1.40. The van der Waals surface area contributed by atoms with Crippen molar-refractivity contribution >= 4 is 17.7 Å². The van der Waals surface area contributed by atoms with E-state index in [1.165, 1.54) is 7.11 Å². The zero-order valence-electron chi connectivity index (χ0n) is 18.4. The van der Waals surface area contributed by atoms with Crippen molar-refractivity contribution in [3.63, 3.8) is 0 Å². The molecule has 4 unspecified atom stereocenters. The Morgan fingerprint density at radius 3 is 2.68 bits per heavy atom. The molecule has 0 aromatic heterocycles. The monoisotopic (exact) mass is 426 g/mol. The van der Waals surface area contributed by atoms with E-state index in [2.05, 4.69) is 13.8 Å². The first kappa shape index (κ1) is 18.8. The molecule has 31 heavy (non-hydrogen) atoms. The quantitative estimate of drug-likeness (QED) is 0.474. The first-order chi connectivity index (χ1) is 14.7. The molecule has 0 amide bonds. The van der Waals surface area contributed by atoms with E-state index in [1.807, 2.05) is 0 Å². The van der Waals surface area contributed by atoms with Crippen LogP contribution in [0.15, 0.2) is 11.6 Å². The van der Waals surface area contributed by atoms with Gasteiger partial charge in [-0.2, -0.15) is 0 Å². The number of ether oxygens (including phenoxy) is 3. The number of carbonyl (C=O) groups excluding carboxylic acids is 3. The molecule has 0 radical (unpaired) electrons. The molecule has 2 aliphatic heterocycles. The summed E-state index contributed by atoms with van der Waals surface area (Å²) in [6.07, 6.45) is 7.00. The Labute approximate surface area is 182 Å². The van der Waals surface area contributed by atoms with Crippen LogP contribution in [0.4, 0.5) is 0 Å². The highest BCUT2D eigenvalue weighted by molar-refractivity contribution is 5.92. The third-order valence-corrected chi connectivity index (χ3v) is 11.0. The Kier molecular flexibility index (Phi) is 3.20. The number of fused-ring (bicyclic) bond motifs is 7. The zero-order chi connectivity index (χ0) is 21.6. The molecule has 2 spiro atoms. The normalized spacial score (nSPS) is 57.7. The van der Waals surface area contributed by atoms with E-state index in [0.29, 0.717) is 31.1 Å². The van der Waals surface area contributed by atoms with Gasteiger partial charge in [0.05, 0.1) is 19.1 Å². The lowest BCUT2D eigenvalue weighted by Gasteiger charge is -2.59. The number of hydrogen-bond acceptors (Lipinski definition) is 6. The van der Waals surface area contributed by atoms with E-state index in [1.54, 1.807) is 6.08 Å². The van der Waals surface area contributed by atoms with Gasteiger partial charge in [-0.1, -0.05) is 19.4 Å². The highest BCUT2D eigenvalue weighted by Gasteiger charge is 2.88. The first-order valence-electron chi connectivity index (χ1n) is 11.9. The van der Waals surface area contributed by atoms with E-state index in [-0.39, 0.29) is 52.4 Å². The largest absolute Gasteiger partial charge is 0.469 e. The second-order valence-electron chi connectivity index (χ2n) is 11.7. The number of carbonyl (C=O) groups is 3. The van der Waals surface area contributed by atoms with Crippen LogP contribution in [0, 0.1) is 40.4 Å². The van der Waals surface area contributed by atoms with Gasteiger partial charge in [0.25, 0.3) is 0 Å². The van der Waals surface area contributed by atoms with Gasteiger partial charge in [0.2, 0.25) is 0 Å². The maximum atomic E-state index is 13.1. The second kappa shape index (κ2) is 5.27. The summed E-state index contributed by atoms with van der Waals surface area (Å²) in [4.78, 5) is 37.7. The van der Waals surface area contributed by atoms with Gasteiger partial charge >= 0.3 is 11.9 Å². The molecule has 6 fully saturated rings. The SMILES string of the molecule is COC(=O)C1CC2=CC(=O)CC[C@]2(C)C23O[C@H]2C[C@@]2(C)C(C13)[C@@H]1C[C@@H]1[C@@]21CCC(=O)O1. The van der Waals surface area contributed by atoms with Crippen molar-refractivity contribution in [2.45, 2.75) is 76.1 Å². The molecule has 6 heteroatoms. The summed E-state index contributed by atoms with van der Waals surface area (Å²) in [6.45, 7) is 4.57. The van der Waals surface area contributed by atoms with Crippen molar-refractivity contribution < 1.29 is 28.6 Å². The van der Waals surface area contributed by atoms with Crippen molar-refractivity contribution in [2.24, 2.45) is 40.4 Å². The molecule has 4 saturated carbocycles. The fourth-order valence-electron chi connectivity index (χ4n) is 9.73. The maximum Gasteiger partial charge on any atom is 0.309 e. The van der Waals surface area contributed by atoms with Crippen molar-refractivity contribution in [1.82, 2.24) is 0 Å². The Hall–Kier alpha value is -1.69. The molecular weight excluding hydrogens is 396 g/mol. The number of methoxy groups -OCH3 is 1. The predicted octanol–water partition coefficient (Wildman–Crippen LogP) is 2.98. The molecule has 5 aliphatic carbocycles. The summed E-state index contributed by atoms with van der Waals surface area (Å²) in [5.74, 6) is 0.814. The van der Waals surface area contributed by atoms with Crippen LogP contribution in [0.3, 0.4) is 0 Å². The van der Waals surface area contributed by atoms with Crippen LogP contribution >= 0.6 is 0 Å². The van der Waals surface area contributed by atoms with E-state index >= 15 is 0 Å². The van der Waals surface area contributed by atoms with Gasteiger partial charge in [0, 0.05) is 35.5 Å². The van der Waals surface area contributed by atoms with E-state index in [9.17, 15) is 14.4 Å². The highest BCUT2D eigenvalue weighted by atomic mass is 16.6. The van der Waals surface area contributed by atoms with Crippen molar-refractivity contribution in [3.05, 3.63) is 11.6 Å². The van der Waals surface area contributed by atoms with Crippen LogP contribution in [-0.2, 0) is 28.6 Å². The van der Waals surface area contributed by atoms with Gasteiger partial charge in [-0.25, -0.2) is 0 Å². The lowest BCUT2D eigenvalue weighted by molar-refractivity contribution is -0.179. The molecule has 10 atom stereocenters. The standard InChI is InChI=1S/C25H30O6/c1-22-6-4-13(26)8-12(22)9-15(21(28)29-3)20-19-14-10-16(14)24(7-5-18(27)31-24)23(19,2)11-17-25(20,22)30-17/h8,14-17,19-20H,4-7,9-11H2,1-3H3/t14-,15?,16+,17+,19?,20?,22+,23+,24+,25?/m1/s1. The second-order valence-corrected chi connectivity index (χ2v) is 11.7. The lowest BCUT2D eigenvalue weighted by atomic mass is 9.43. The maximum absolute atomic E-state index is 13.1. The summed E-state index contributed by atoms with van der Waals surface area (Å²) in [6, 6.07) is 0. The summed E-state index contributed by atoms with van der Waals surface area (Å²) >= 11 is 0. The van der Waals surface area contributed by atoms with Crippen LogP contribution in [-0.4, -0.2) is 42.1 Å². The van der Waals surface area contributed by atoms with Crippen LogP contribution in [0.2, 0.25) is 0 Å². The molecule has 2 saturated heterocycles. The van der Waals surface area contributed by atoms with Crippen LogP contribution in [0.1, 0.15) is 58.8 Å². The van der Waals surface area contributed by atoms with E-state index in [0.717, 1.165) is 31.3 Å². The fourth-order valence-corrected chi connectivity index (χ4v) is 9.73. The summed E-state index contributed by atoms with van der Waals surface area (Å²) in [7, 11) is 1.46. The molecule has 2 heterocycles. The molecule has 6 nitrogen and oxygen atoms in total. The molecule has 0 aromatic rings. The molecule has 7 rings (SSSR count). The predicted molar refractivity (Wildman–Crippen MR) is 108 cm³/mol. The van der Waals surface area contributed by atoms with Gasteiger partial charge in [-0.3, -0.25) is 14.4 Å². The third-order valence-electron chi connectivity index (χ3n) is 11.0. The Bertz CT molecular complexity index is 984. The zero-order valence-corrected chi connectivity index (χ0v) is 18.4. The minimum absolute atomic E-state index is 0.0430. The van der Waals surface area contributed by atoms with Crippen molar-refractivity contribution in [2.75, 3.05) is 7.11 Å². The fraction of sp³-hybridized carbons (Fsp3) is 0.800. The molecule has 0 bridgehead atoms. The van der Waals surface area contributed by atoms with Crippen molar-refractivity contribution in [3.8, 4) is 0 Å². The van der Waals surface area contributed by atoms with E-state index in [4.69, 9.17) is 14.2 Å². The molecule has 0 N–H and O–H groups in total. The lowest BCUT2D eigenvalue weighted by Crippen LogP contribution is -2.64. The van der Waals surface area contributed by atoms with Gasteiger partial charge in [-0.05, 0) is 50.0 Å². The minimum Gasteiger partial charge on any atom is -0.469 e. The molecule has 166 valence electrons. The highest BCUT2D eigenvalue weighted by Crippen LogP contribution is 2.84. The first-order valence-corrected chi connectivity index (χ1v) is 11.9. The van der Waals surface area contributed by atoms with Gasteiger partial charge in [-0.15, -0.1) is 0 Å². The smallest absolute Gasteiger partial charge is 0.309 e. The molecule has 0 aromatic carbocycles. The van der Waals surface area contributed by atoms with Crippen LogP contribution in [0.25, 0.3) is 0 Å². The summed E-state index contributed by atoms with van der Waals surface area (Å²) in [5, 5.41) is 0. The third kappa shape index (κ3) is 1.84. The number of ketones is 1. The number of epoxide rings is 1. The number of hydrogen-bond donors (Lipinski definition) is 0. The number of esters is 2. The molecule has 7 aliphatic rings. The summed E-state index contributed by atoms with van der Waals surface area (Å²) < 4.78 is 18.2. The Morgan fingerprint density at radius 1 is 1.16 bits per heavy atom. The van der Waals surface area contributed by atoms with Crippen LogP contribution < -0.4 is 0 Å². The number of rotatable bonds is 1. The van der Waals surface area contributed by atoms with E-state index < -0.39 is 11.2 Å². The Morgan fingerprint density at radius 2 is 1.97 bits per heavy atom. The minimum atomic E-state index is -0.401. The van der Waals surface area contributed by atoms with Crippen LogP contribution in [0.5, 0.6) is 0 Å². The van der Waals surface area contributed by atoms with Gasteiger partial charge in [0.1, 0.15) is 11.2 Å². The topological polar surface area (TPSA) is 82.2 Å².